The SMILES string of the molecule is CC1(C)[C@@H](C(=O)Nc2cccc(C(=O)O)c2)CC[C@]1(C)C(=O)O. The summed E-state index contributed by atoms with van der Waals surface area (Å²) in [6.07, 6.45) is 0.919. The fourth-order valence-corrected chi connectivity index (χ4v) is 3.30. The van der Waals surface area contributed by atoms with E-state index in [1.807, 2.05) is 0 Å². The van der Waals surface area contributed by atoms with E-state index < -0.39 is 28.7 Å². The summed E-state index contributed by atoms with van der Waals surface area (Å²) in [5.41, 5.74) is -1.18. The van der Waals surface area contributed by atoms with E-state index >= 15 is 0 Å². The van der Waals surface area contributed by atoms with Gasteiger partial charge in [-0.05, 0) is 43.4 Å². The Morgan fingerprint density at radius 2 is 1.83 bits per heavy atom. The van der Waals surface area contributed by atoms with Crippen molar-refractivity contribution in [3.8, 4) is 0 Å². The zero-order chi connectivity index (χ0) is 17.4. The van der Waals surface area contributed by atoms with Crippen LogP contribution in [0, 0.1) is 16.7 Å². The Morgan fingerprint density at radius 3 is 2.35 bits per heavy atom. The van der Waals surface area contributed by atoms with Gasteiger partial charge < -0.3 is 15.5 Å². The number of hydrogen-bond acceptors (Lipinski definition) is 3. The van der Waals surface area contributed by atoms with Gasteiger partial charge in [0, 0.05) is 11.6 Å². The molecule has 0 bridgehead atoms. The molecule has 0 spiro atoms. The fourth-order valence-electron chi connectivity index (χ4n) is 3.30. The van der Waals surface area contributed by atoms with Crippen molar-refractivity contribution >= 4 is 23.5 Å². The first kappa shape index (κ1) is 17.0. The minimum absolute atomic E-state index is 0.0869. The van der Waals surface area contributed by atoms with Gasteiger partial charge in [0.25, 0.3) is 0 Å². The van der Waals surface area contributed by atoms with E-state index in [2.05, 4.69) is 5.32 Å². The summed E-state index contributed by atoms with van der Waals surface area (Å²) in [7, 11) is 0. The lowest BCUT2D eigenvalue weighted by molar-refractivity contribution is -0.154. The minimum atomic E-state index is -1.07. The van der Waals surface area contributed by atoms with Gasteiger partial charge in [0.05, 0.1) is 11.0 Å². The second kappa shape index (κ2) is 5.68. The second-order valence-electron chi connectivity index (χ2n) is 6.83. The van der Waals surface area contributed by atoms with Crippen molar-refractivity contribution in [1.29, 1.82) is 0 Å². The number of carbonyl (C=O) groups excluding carboxylic acids is 1. The van der Waals surface area contributed by atoms with Crippen molar-refractivity contribution < 1.29 is 24.6 Å². The summed E-state index contributed by atoms with van der Waals surface area (Å²) in [4.78, 5) is 35.1. The molecule has 1 aliphatic rings. The largest absolute Gasteiger partial charge is 0.481 e. The summed E-state index contributed by atoms with van der Waals surface area (Å²) in [6.45, 7) is 5.27. The Labute approximate surface area is 134 Å². The van der Waals surface area contributed by atoms with Gasteiger partial charge in [-0.3, -0.25) is 9.59 Å². The number of benzene rings is 1. The number of carboxylic acids is 2. The topological polar surface area (TPSA) is 104 Å². The lowest BCUT2D eigenvalue weighted by Gasteiger charge is -2.37. The van der Waals surface area contributed by atoms with Crippen LogP contribution < -0.4 is 5.32 Å². The molecule has 0 saturated heterocycles. The van der Waals surface area contributed by atoms with Crippen LogP contribution in [-0.2, 0) is 9.59 Å². The Balaban J connectivity index is 2.21. The van der Waals surface area contributed by atoms with Crippen LogP contribution in [0.4, 0.5) is 5.69 Å². The predicted octanol–water partition coefficient (Wildman–Crippen LogP) is 2.85. The van der Waals surface area contributed by atoms with E-state index in [0.29, 0.717) is 18.5 Å². The molecular weight excluding hydrogens is 298 g/mol. The van der Waals surface area contributed by atoms with Gasteiger partial charge in [-0.25, -0.2) is 4.79 Å². The normalized spacial score (nSPS) is 25.8. The molecular formula is C17H21NO5. The number of carbonyl (C=O) groups is 3. The summed E-state index contributed by atoms with van der Waals surface area (Å²) >= 11 is 0. The average Bonchev–Trinajstić information content (AvgIpc) is 2.71. The maximum absolute atomic E-state index is 12.6. The maximum atomic E-state index is 12.6. The highest BCUT2D eigenvalue weighted by molar-refractivity contribution is 5.96. The first-order valence-corrected chi connectivity index (χ1v) is 7.47. The van der Waals surface area contributed by atoms with Crippen molar-refractivity contribution in [2.24, 2.45) is 16.7 Å². The molecule has 23 heavy (non-hydrogen) atoms. The van der Waals surface area contributed by atoms with Crippen LogP contribution in [0.2, 0.25) is 0 Å². The molecule has 1 aliphatic carbocycles. The lowest BCUT2D eigenvalue weighted by atomic mass is 9.65. The van der Waals surface area contributed by atoms with Gasteiger partial charge in [0.1, 0.15) is 0 Å². The van der Waals surface area contributed by atoms with Gasteiger partial charge in [-0.15, -0.1) is 0 Å². The molecule has 0 unspecified atom stereocenters. The van der Waals surface area contributed by atoms with Gasteiger partial charge in [0.2, 0.25) is 5.91 Å². The molecule has 1 fully saturated rings. The molecule has 0 aliphatic heterocycles. The molecule has 3 N–H and O–H groups in total. The molecule has 6 heteroatoms. The molecule has 1 saturated carbocycles. The van der Waals surface area contributed by atoms with Crippen LogP contribution in [0.15, 0.2) is 24.3 Å². The first-order chi connectivity index (χ1) is 10.6. The monoisotopic (exact) mass is 319 g/mol. The number of hydrogen-bond donors (Lipinski definition) is 3. The average molecular weight is 319 g/mol. The third-order valence-electron chi connectivity index (χ3n) is 5.39. The zero-order valence-corrected chi connectivity index (χ0v) is 13.4. The smallest absolute Gasteiger partial charge is 0.335 e. The summed E-state index contributed by atoms with van der Waals surface area (Å²) < 4.78 is 0. The van der Waals surface area contributed by atoms with Crippen molar-refractivity contribution in [1.82, 2.24) is 0 Å². The van der Waals surface area contributed by atoms with Crippen molar-refractivity contribution in [3.05, 3.63) is 29.8 Å². The van der Waals surface area contributed by atoms with Gasteiger partial charge in [0.15, 0.2) is 0 Å². The predicted molar refractivity (Wildman–Crippen MR) is 84.3 cm³/mol. The van der Waals surface area contributed by atoms with Gasteiger partial charge in [-0.1, -0.05) is 19.9 Å². The van der Waals surface area contributed by atoms with Crippen LogP contribution in [0.5, 0.6) is 0 Å². The zero-order valence-electron chi connectivity index (χ0n) is 13.4. The highest BCUT2D eigenvalue weighted by Gasteiger charge is 2.58. The summed E-state index contributed by atoms with van der Waals surface area (Å²) in [5, 5.41) is 21.2. The number of rotatable bonds is 4. The lowest BCUT2D eigenvalue weighted by Crippen LogP contribution is -2.43. The van der Waals surface area contributed by atoms with E-state index in [-0.39, 0.29) is 11.5 Å². The number of anilines is 1. The third-order valence-corrected chi connectivity index (χ3v) is 5.39. The molecule has 1 amide bonds. The number of carboxylic acid groups (broad SMARTS) is 2. The van der Waals surface area contributed by atoms with Crippen LogP contribution in [0.3, 0.4) is 0 Å². The van der Waals surface area contributed by atoms with Crippen LogP contribution >= 0.6 is 0 Å². The van der Waals surface area contributed by atoms with Crippen LogP contribution in [0.25, 0.3) is 0 Å². The highest BCUT2D eigenvalue weighted by Crippen LogP contribution is 2.56. The molecule has 0 heterocycles. The first-order valence-electron chi connectivity index (χ1n) is 7.47. The summed E-state index contributed by atoms with van der Waals surface area (Å²) in [6, 6.07) is 6.00. The summed E-state index contributed by atoms with van der Waals surface area (Å²) in [5.74, 6) is -2.69. The van der Waals surface area contributed by atoms with Gasteiger partial charge in [-0.2, -0.15) is 0 Å². The fraction of sp³-hybridized carbons (Fsp3) is 0.471. The quantitative estimate of drug-likeness (QED) is 0.791. The van der Waals surface area contributed by atoms with Gasteiger partial charge >= 0.3 is 11.9 Å². The second-order valence-corrected chi connectivity index (χ2v) is 6.83. The maximum Gasteiger partial charge on any atom is 0.335 e. The number of aliphatic carboxylic acids is 1. The Morgan fingerprint density at radius 1 is 1.17 bits per heavy atom. The molecule has 2 atom stereocenters. The van der Waals surface area contributed by atoms with Crippen molar-refractivity contribution in [3.63, 3.8) is 0 Å². The molecule has 1 aromatic carbocycles. The number of aromatic carboxylic acids is 1. The highest BCUT2D eigenvalue weighted by atomic mass is 16.4. The molecule has 1 aromatic rings. The van der Waals surface area contributed by atoms with Crippen molar-refractivity contribution in [2.75, 3.05) is 5.32 Å². The van der Waals surface area contributed by atoms with E-state index in [1.165, 1.54) is 12.1 Å². The molecule has 124 valence electrons. The molecule has 0 aromatic heterocycles. The third kappa shape index (κ3) is 2.81. The van der Waals surface area contributed by atoms with E-state index in [1.54, 1.807) is 32.9 Å². The van der Waals surface area contributed by atoms with Crippen LogP contribution in [-0.4, -0.2) is 28.1 Å². The van der Waals surface area contributed by atoms with E-state index in [4.69, 9.17) is 5.11 Å². The van der Waals surface area contributed by atoms with Crippen LogP contribution in [0.1, 0.15) is 44.0 Å². The van der Waals surface area contributed by atoms with E-state index in [0.717, 1.165) is 0 Å². The minimum Gasteiger partial charge on any atom is -0.481 e. The van der Waals surface area contributed by atoms with Crippen molar-refractivity contribution in [2.45, 2.75) is 33.6 Å². The number of amides is 1. The Hall–Kier alpha value is -2.37. The molecule has 6 nitrogen and oxygen atoms in total. The number of nitrogens with one attached hydrogen (secondary N) is 1. The molecule has 0 radical (unpaired) electrons. The Bertz CT molecular complexity index is 667. The standard InChI is InChI=1S/C17H21NO5/c1-16(2)12(7-8-17(16,3)15(22)23)13(19)18-11-6-4-5-10(9-11)14(20)21/h4-6,9,12H,7-8H2,1-3H3,(H,18,19)(H,20,21)(H,22,23)/t12-,17-/m1/s1. The van der Waals surface area contributed by atoms with E-state index in [9.17, 15) is 19.5 Å². The Kier molecular flexibility index (Phi) is 4.20. The molecule has 2 rings (SSSR count).